The number of aliphatic hydroxyl groups excluding tert-OH is 1. The lowest BCUT2D eigenvalue weighted by molar-refractivity contribution is 0.0999. The smallest absolute Gasteiger partial charge is 0.248 e. The second kappa shape index (κ2) is 3.58. The molecule has 1 amide bonds. The zero-order chi connectivity index (χ0) is 10.0. The van der Waals surface area contributed by atoms with Crippen molar-refractivity contribution in [1.82, 2.24) is 0 Å². The highest BCUT2D eigenvalue weighted by atomic mass is 16.3. The second-order valence-corrected chi connectivity index (χ2v) is 3.11. The maximum Gasteiger partial charge on any atom is 0.248 e. The van der Waals surface area contributed by atoms with Crippen molar-refractivity contribution in [3.05, 3.63) is 34.9 Å². The second-order valence-electron chi connectivity index (χ2n) is 3.11. The summed E-state index contributed by atoms with van der Waals surface area (Å²) in [5.74, 6) is -0.458. The molecule has 3 heteroatoms. The summed E-state index contributed by atoms with van der Waals surface area (Å²) in [6.45, 7) is 3.46. The van der Waals surface area contributed by atoms with Crippen molar-refractivity contribution in [1.29, 1.82) is 0 Å². The zero-order valence-corrected chi connectivity index (χ0v) is 7.74. The van der Waals surface area contributed by atoms with Crippen LogP contribution in [0.2, 0.25) is 0 Å². The van der Waals surface area contributed by atoms with Crippen molar-refractivity contribution in [2.24, 2.45) is 5.73 Å². The number of hydrogen-bond donors (Lipinski definition) is 2. The summed E-state index contributed by atoms with van der Waals surface area (Å²) in [7, 11) is 0. The van der Waals surface area contributed by atoms with Crippen LogP contribution < -0.4 is 5.73 Å². The van der Waals surface area contributed by atoms with Crippen LogP contribution in [0.3, 0.4) is 0 Å². The van der Waals surface area contributed by atoms with Crippen molar-refractivity contribution >= 4 is 5.91 Å². The first kappa shape index (κ1) is 9.74. The molecule has 0 aliphatic heterocycles. The van der Waals surface area contributed by atoms with E-state index >= 15 is 0 Å². The Morgan fingerprint density at radius 1 is 1.54 bits per heavy atom. The molecule has 0 bridgehead atoms. The SMILES string of the molecule is Cc1ccc(C(C)O)cc1C(N)=O. The molecule has 0 saturated carbocycles. The van der Waals surface area contributed by atoms with Gasteiger partial charge in [0.25, 0.3) is 0 Å². The third-order valence-electron chi connectivity index (χ3n) is 2.01. The van der Waals surface area contributed by atoms with Crippen LogP contribution in [0.15, 0.2) is 18.2 Å². The molecule has 3 nitrogen and oxygen atoms in total. The fourth-order valence-electron chi connectivity index (χ4n) is 1.16. The highest BCUT2D eigenvalue weighted by Gasteiger charge is 2.07. The van der Waals surface area contributed by atoms with Crippen LogP contribution in [0.5, 0.6) is 0 Å². The average molecular weight is 179 g/mol. The van der Waals surface area contributed by atoms with Crippen molar-refractivity contribution in [2.75, 3.05) is 0 Å². The molecule has 0 saturated heterocycles. The number of amides is 1. The molecule has 1 unspecified atom stereocenters. The van der Waals surface area contributed by atoms with Crippen LogP contribution >= 0.6 is 0 Å². The molecule has 0 fully saturated rings. The van der Waals surface area contributed by atoms with E-state index in [1.807, 2.05) is 6.92 Å². The van der Waals surface area contributed by atoms with E-state index in [4.69, 9.17) is 5.73 Å². The van der Waals surface area contributed by atoms with Crippen molar-refractivity contribution in [3.63, 3.8) is 0 Å². The Balaban J connectivity index is 3.19. The number of primary amides is 1. The van der Waals surface area contributed by atoms with Gasteiger partial charge in [0.2, 0.25) is 5.91 Å². The van der Waals surface area contributed by atoms with Crippen LogP contribution in [-0.2, 0) is 0 Å². The summed E-state index contributed by atoms with van der Waals surface area (Å²) in [4.78, 5) is 10.9. The van der Waals surface area contributed by atoms with Crippen molar-refractivity contribution in [2.45, 2.75) is 20.0 Å². The summed E-state index contributed by atoms with van der Waals surface area (Å²) >= 11 is 0. The number of rotatable bonds is 2. The summed E-state index contributed by atoms with van der Waals surface area (Å²) in [6.07, 6.45) is -0.571. The molecule has 1 aromatic carbocycles. The van der Waals surface area contributed by atoms with Crippen molar-refractivity contribution in [3.8, 4) is 0 Å². The van der Waals surface area contributed by atoms with Gasteiger partial charge in [-0.1, -0.05) is 12.1 Å². The standard InChI is InChI=1S/C10H13NO2/c1-6-3-4-8(7(2)12)5-9(6)10(11)13/h3-5,7,12H,1-2H3,(H2,11,13). The van der Waals surface area contributed by atoms with Gasteiger partial charge in [-0.05, 0) is 31.0 Å². The van der Waals surface area contributed by atoms with Gasteiger partial charge < -0.3 is 10.8 Å². The largest absolute Gasteiger partial charge is 0.389 e. The van der Waals surface area contributed by atoms with Gasteiger partial charge in [-0.3, -0.25) is 4.79 Å². The fourth-order valence-corrected chi connectivity index (χ4v) is 1.16. The fraction of sp³-hybridized carbons (Fsp3) is 0.300. The maximum atomic E-state index is 10.9. The van der Waals surface area contributed by atoms with Gasteiger partial charge in [-0.2, -0.15) is 0 Å². The molecule has 0 radical (unpaired) electrons. The lowest BCUT2D eigenvalue weighted by atomic mass is 10.0. The Bertz CT molecular complexity index is 332. The van der Waals surface area contributed by atoms with Gasteiger partial charge in [-0.25, -0.2) is 0 Å². The molecule has 1 rings (SSSR count). The number of nitrogens with two attached hydrogens (primary N) is 1. The molecule has 1 atom stereocenters. The minimum absolute atomic E-state index is 0.458. The van der Waals surface area contributed by atoms with E-state index in [1.54, 1.807) is 25.1 Å². The number of carbonyl (C=O) groups excluding carboxylic acids is 1. The van der Waals surface area contributed by atoms with E-state index in [9.17, 15) is 9.90 Å². The molecular formula is C10H13NO2. The minimum atomic E-state index is -0.571. The van der Waals surface area contributed by atoms with E-state index in [0.29, 0.717) is 11.1 Å². The van der Waals surface area contributed by atoms with E-state index < -0.39 is 12.0 Å². The normalized spacial score (nSPS) is 12.5. The molecule has 13 heavy (non-hydrogen) atoms. The van der Waals surface area contributed by atoms with E-state index in [0.717, 1.165) is 5.56 Å². The van der Waals surface area contributed by atoms with Gasteiger partial charge >= 0.3 is 0 Å². The molecule has 0 spiro atoms. The van der Waals surface area contributed by atoms with E-state index in [-0.39, 0.29) is 0 Å². The number of hydrogen-bond acceptors (Lipinski definition) is 2. The quantitative estimate of drug-likeness (QED) is 0.715. The summed E-state index contributed by atoms with van der Waals surface area (Å²) < 4.78 is 0. The number of aliphatic hydroxyl groups is 1. The average Bonchev–Trinajstić information content (AvgIpc) is 2.04. The lowest BCUT2D eigenvalue weighted by Gasteiger charge is -2.07. The molecule has 0 aliphatic carbocycles. The lowest BCUT2D eigenvalue weighted by Crippen LogP contribution is -2.13. The third-order valence-corrected chi connectivity index (χ3v) is 2.01. The summed E-state index contributed by atoms with van der Waals surface area (Å²) in [5, 5.41) is 9.27. The maximum absolute atomic E-state index is 10.9. The molecule has 3 N–H and O–H groups in total. The molecule has 0 heterocycles. The topological polar surface area (TPSA) is 63.3 Å². The number of benzene rings is 1. The number of carbonyl (C=O) groups is 1. The summed E-state index contributed by atoms with van der Waals surface area (Å²) in [6, 6.07) is 5.19. The monoisotopic (exact) mass is 179 g/mol. The van der Waals surface area contributed by atoms with Gasteiger partial charge in [0.1, 0.15) is 0 Å². The van der Waals surface area contributed by atoms with E-state index in [1.165, 1.54) is 0 Å². The van der Waals surface area contributed by atoms with Crippen LogP contribution in [0.25, 0.3) is 0 Å². The predicted molar refractivity (Wildman–Crippen MR) is 50.3 cm³/mol. The van der Waals surface area contributed by atoms with Crippen molar-refractivity contribution < 1.29 is 9.90 Å². The Labute approximate surface area is 77.2 Å². The van der Waals surface area contributed by atoms with Crippen LogP contribution in [0, 0.1) is 6.92 Å². The Morgan fingerprint density at radius 3 is 2.62 bits per heavy atom. The zero-order valence-electron chi connectivity index (χ0n) is 7.74. The third kappa shape index (κ3) is 2.06. The molecular weight excluding hydrogens is 166 g/mol. The minimum Gasteiger partial charge on any atom is -0.389 e. The molecule has 0 aliphatic rings. The first-order valence-electron chi connectivity index (χ1n) is 4.11. The highest BCUT2D eigenvalue weighted by Crippen LogP contribution is 2.16. The first-order chi connectivity index (χ1) is 6.02. The highest BCUT2D eigenvalue weighted by molar-refractivity contribution is 5.94. The Hall–Kier alpha value is -1.35. The van der Waals surface area contributed by atoms with Crippen LogP contribution in [-0.4, -0.2) is 11.0 Å². The number of aryl methyl sites for hydroxylation is 1. The van der Waals surface area contributed by atoms with Gasteiger partial charge in [0.05, 0.1) is 6.10 Å². The molecule has 0 aromatic heterocycles. The van der Waals surface area contributed by atoms with Gasteiger partial charge in [0.15, 0.2) is 0 Å². The molecule has 1 aromatic rings. The van der Waals surface area contributed by atoms with Gasteiger partial charge in [-0.15, -0.1) is 0 Å². The summed E-state index contributed by atoms with van der Waals surface area (Å²) in [5.41, 5.74) is 7.17. The van der Waals surface area contributed by atoms with Crippen LogP contribution in [0.4, 0.5) is 0 Å². The Kier molecular flexibility index (Phi) is 2.68. The van der Waals surface area contributed by atoms with E-state index in [2.05, 4.69) is 0 Å². The first-order valence-corrected chi connectivity index (χ1v) is 4.11. The Morgan fingerprint density at radius 2 is 2.15 bits per heavy atom. The van der Waals surface area contributed by atoms with Gasteiger partial charge in [0, 0.05) is 5.56 Å². The molecule has 70 valence electrons. The predicted octanol–water partition coefficient (Wildman–Crippen LogP) is 1.15. The van der Waals surface area contributed by atoms with Crippen LogP contribution in [0.1, 0.15) is 34.5 Å².